The molecule has 3 amide bonds. The predicted octanol–water partition coefficient (Wildman–Crippen LogP) is 3.94. The molecule has 2 aromatic rings. The van der Waals surface area contributed by atoms with Crippen LogP contribution in [0.25, 0.3) is 0 Å². The first kappa shape index (κ1) is 23.9. The number of hydrogen-bond donors (Lipinski definition) is 2. The molecule has 0 saturated heterocycles. The van der Waals surface area contributed by atoms with E-state index in [1.165, 1.54) is 11.8 Å². The van der Waals surface area contributed by atoms with Gasteiger partial charge in [-0.2, -0.15) is 0 Å². The van der Waals surface area contributed by atoms with E-state index >= 15 is 0 Å². The summed E-state index contributed by atoms with van der Waals surface area (Å²) in [6.45, 7) is 9.56. The monoisotopic (exact) mass is 425 g/mol. The van der Waals surface area contributed by atoms with Gasteiger partial charge < -0.3 is 20.3 Å². The number of nitrogens with zero attached hydrogens (tertiary/aromatic N) is 1. The molecule has 2 aromatic carbocycles. The molecule has 0 aliphatic rings. The van der Waals surface area contributed by atoms with Crippen LogP contribution >= 0.6 is 0 Å². The first-order valence-corrected chi connectivity index (χ1v) is 10.4. The molecule has 0 aliphatic carbocycles. The van der Waals surface area contributed by atoms with Gasteiger partial charge in [0.15, 0.2) is 6.61 Å². The van der Waals surface area contributed by atoms with Crippen LogP contribution in [0.15, 0.2) is 42.5 Å². The van der Waals surface area contributed by atoms with Crippen molar-refractivity contribution in [1.82, 2.24) is 4.90 Å². The Hall–Kier alpha value is -3.35. The van der Waals surface area contributed by atoms with Gasteiger partial charge in [0, 0.05) is 24.8 Å². The highest BCUT2D eigenvalue weighted by atomic mass is 16.5. The highest BCUT2D eigenvalue weighted by molar-refractivity contribution is 5.95. The van der Waals surface area contributed by atoms with Crippen molar-refractivity contribution in [2.75, 3.05) is 30.3 Å². The summed E-state index contributed by atoms with van der Waals surface area (Å²) in [5.74, 6) is 0.247. The molecule has 0 unspecified atom stereocenters. The lowest BCUT2D eigenvalue weighted by Crippen LogP contribution is -2.40. The van der Waals surface area contributed by atoms with Crippen LogP contribution in [-0.4, -0.2) is 42.3 Å². The van der Waals surface area contributed by atoms with Crippen molar-refractivity contribution >= 4 is 29.1 Å². The van der Waals surface area contributed by atoms with Gasteiger partial charge in [0.05, 0.1) is 6.54 Å². The fourth-order valence-electron chi connectivity index (χ4n) is 3.06. The third-order valence-electron chi connectivity index (χ3n) is 4.70. The minimum Gasteiger partial charge on any atom is -0.483 e. The third kappa shape index (κ3) is 7.44. The molecule has 7 heteroatoms. The predicted molar refractivity (Wildman–Crippen MR) is 122 cm³/mol. The number of anilines is 2. The molecule has 0 aliphatic heterocycles. The van der Waals surface area contributed by atoms with Gasteiger partial charge in [0.25, 0.3) is 5.91 Å². The summed E-state index contributed by atoms with van der Waals surface area (Å²) in [5, 5.41) is 5.43. The second-order valence-electron chi connectivity index (χ2n) is 7.70. The Kier molecular flexibility index (Phi) is 8.61. The van der Waals surface area contributed by atoms with Crippen LogP contribution in [0.5, 0.6) is 5.75 Å². The zero-order valence-electron chi connectivity index (χ0n) is 18.8. The number of benzene rings is 2. The molecule has 31 heavy (non-hydrogen) atoms. The molecule has 0 radical (unpaired) electrons. The van der Waals surface area contributed by atoms with Gasteiger partial charge in [-0.15, -0.1) is 0 Å². The second-order valence-corrected chi connectivity index (χ2v) is 7.70. The van der Waals surface area contributed by atoms with Gasteiger partial charge in [0.2, 0.25) is 11.8 Å². The third-order valence-corrected chi connectivity index (χ3v) is 4.70. The Balaban J connectivity index is 1.93. The Bertz CT molecular complexity index is 923. The Morgan fingerprint density at radius 2 is 1.61 bits per heavy atom. The summed E-state index contributed by atoms with van der Waals surface area (Å²) >= 11 is 0. The van der Waals surface area contributed by atoms with Crippen molar-refractivity contribution < 1.29 is 19.1 Å². The van der Waals surface area contributed by atoms with Crippen LogP contribution in [0.2, 0.25) is 0 Å². The molecule has 0 fully saturated rings. The van der Waals surface area contributed by atoms with Crippen molar-refractivity contribution in [3.05, 3.63) is 53.6 Å². The van der Waals surface area contributed by atoms with E-state index in [-0.39, 0.29) is 36.8 Å². The van der Waals surface area contributed by atoms with Crippen molar-refractivity contribution in [2.24, 2.45) is 0 Å². The van der Waals surface area contributed by atoms with Crippen molar-refractivity contribution in [1.29, 1.82) is 0 Å². The number of carbonyl (C=O) groups excluding carboxylic acids is 3. The standard InChI is InChI=1S/C24H31N3O4/c1-6-27(14-23(29)26-20-10-8-19(9-11-20)25-18(5)28)24(30)15-31-22-13-17(4)7-12-21(22)16(2)3/h7-13,16H,6,14-15H2,1-5H3,(H,25,28)(H,26,29). The van der Waals surface area contributed by atoms with E-state index in [1.807, 2.05) is 32.0 Å². The van der Waals surface area contributed by atoms with Crippen LogP contribution < -0.4 is 15.4 Å². The lowest BCUT2D eigenvalue weighted by molar-refractivity contribution is -0.136. The summed E-state index contributed by atoms with van der Waals surface area (Å²) in [7, 11) is 0. The largest absolute Gasteiger partial charge is 0.483 e. The van der Waals surface area contributed by atoms with Gasteiger partial charge in [-0.3, -0.25) is 14.4 Å². The number of aryl methyl sites for hydroxylation is 1. The zero-order chi connectivity index (χ0) is 23.0. The fraction of sp³-hybridized carbons (Fsp3) is 0.375. The van der Waals surface area contributed by atoms with E-state index < -0.39 is 0 Å². The van der Waals surface area contributed by atoms with Crippen LogP contribution in [0, 0.1) is 6.92 Å². The number of likely N-dealkylation sites (N-methyl/N-ethyl adjacent to an activating group) is 1. The number of nitrogens with one attached hydrogen (secondary N) is 2. The smallest absolute Gasteiger partial charge is 0.260 e. The maximum atomic E-state index is 12.6. The molecule has 166 valence electrons. The Morgan fingerprint density at radius 1 is 1.00 bits per heavy atom. The van der Waals surface area contributed by atoms with Gasteiger partial charge >= 0.3 is 0 Å². The van der Waals surface area contributed by atoms with Gasteiger partial charge in [-0.25, -0.2) is 0 Å². The van der Waals surface area contributed by atoms with Crippen LogP contribution in [0.4, 0.5) is 11.4 Å². The lowest BCUT2D eigenvalue weighted by Gasteiger charge is -2.21. The van der Waals surface area contributed by atoms with Gasteiger partial charge in [-0.1, -0.05) is 26.0 Å². The first-order valence-electron chi connectivity index (χ1n) is 10.4. The highest BCUT2D eigenvalue weighted by Gasteiger charge is 2.17. The van der Waals surface area contributed by atoms with E-state index in [4.69, 9.17) is 4.74 Å². The van der Waals surface area contributed by atoms with E-state index in [9.17, 15) is 14.4 Å². The molecular weight excluding hydrogens is 394 g/mol. The van der Waals surface area contributed by atoms with Crippen molar-refractivity contribution in [3.8, 4) is 5.75 Å². The lowest BCUT2D eigenvalue weighted by atomic mass is 10.0. The minimum atomic E-state index is -0.305. The first-order chi connectivity index (χ1) is 14.7. The quantitative estimate of drug-likeness (QED) is 0.637. The molecule has 0 aromatic heterocycles. The van der Waals surface area contributed by atoms with Gasteiger partial charge in [0.1, 0.15) is 5.75 Å². The molecular formula is C24H31N3O4. The zero-order valence-corrected chi connectivity index (χ0v) is 18.8. The normalized spacial score (nSPS) is 10.5. The number of carbonyl (C=O) groups is 3. The number of amides is 3. The molecule has 2 N–H and O–H groups in total. The molecule has 7 nitrogen and oxygen atoms in total. The minimum absolute atomic E-state index is 0.0724. The molecule has 0 bridgehead atoms. The second kappa shape index (κ2) is 11.2. The molecule has 0 saturated carbocycles. The molecule has 0 spiro atoms. The maximum Gasteiger partial charge on any atom is 0.260 e. The van der Waals surface area contributed by atoms with Crippen LogP contribution in [0.3, 0.4) is 0 Å². The highest BCUT2D eigenvalue weighted by Crippen LogP contribution is 2.27. The number of hydrogen-bond acceptors (Lipinski definition) is 4. The SMILES string of the molecule is CCN(CC(=O)Nc1ccc(NC(C)=O)cc1)C(=O)COc1cc(C)ccc1C(C)C. The van der Waals surface area contributed by atoms with Crippen LogP contribution in [-0.2, 0) is 14.4 Å². The van der Waals surface area contributed by atoms with Crippen molar-refractivity contribution in [3.63, 3.8) is 0 Å². The summed E-state index contributed by atoms with van der Waals surface area (Å²) in [6.07, 6.45) is 0. The van der Waals surface area contributed by atoms with Crippen LogP contribution in [0.1, 0.15) is 44.7 Å². The molecule has 2 rings (SSSR count). The molecule has 0 heterocycles. The fourth-order valence-corrected chi connectivity index (χ4v) is 3.06. The number of ether oxygens (including phenoxy) is 1. The van der Waals surface area contributed by atoms with E-state index in [1.54, 1.807) is 24.3 Å². The summed E-state index contributed by atoms with van der Waals surface area (Å²) in [6, 6.07) is 12.7. The van der Waals surface area contributed by atoms with E-state index in [2.05, 4.69) is 24.5 Å². The molecule has 0 atom stereocenters. The van der Waals surface area contributed by atoms with E-state index in [0.29, 0.717) is 23.7 Å². The van der Waals surface area contributed by atoms with E-state index in [0.717, 1.165) is 11.1 Å². The number of rotatable bonds is 9. The average Bonchev–Trinajstić information content (AvgIpc) is 2.71. The van der Waals surface area contributed by atoms with Crippen molar-refractivity contribution in [2.45, 2.75) is 40.5 Å². The topological polar surface area (TPSA) is 87.7 Å². The average molecular weight is 426 g/mol. The maximum absolute atomic E-state index is 12.6. The summed E-state index contributed by atoms with van der Waals surface area (Å²) in [4.78, 5) is 37.6. The summed E-state index contributed by atoms with van der Waals surface area (Å²) in [5.41, 5.74) is 3.33. The summed E-state index contributed by atoms with van der Waals surface area (Å²) < 4.78 is 5.81. The Labute approximate surface area is 183 Å². The Morgan fingerprint density at radius 3 is 2.16 bits per heavy atom. The van der Waals surface area contributed by atoms with Gasteiger partial charge in [-0.05, 0) is 61.2 Å².